The third kappa shape index (κ3) is 8.53. The van der Waals surface area contributed by atoms with E-state index in [0.717, 1.165) is 19.6 Å². The van der Waals surface area contributed by atoms with Gasteiger partial charge in [0.1, 0.15) is 5.60 Å². The number of amides is 1. The Bertz CT molecular complexity index is 312. The number of carbonyl (C=O) groups excluding carboxylic acids is 1. The van der Waals surface area contributed by atoms with Crippen molar-refractivity contribution >= 4 is 6.09 Å². The quantitative estimate of drug-likeness (QED) is 0.658. The van der Waals surface area contributed by atoms with Gasteiger partial charge >= 0.3 is 6.09 Å². The third-order valence-electron chi connectivity index (χ3n) is 3.21. The molecule has 0 unspecified atom stereocenters. The fourth-order valence-corrected chi connectivity index (χ4v) is 2.08. The molecule has 0 atom stereocenters. The summed E-state index contributed by atoms with van der Waals surface area (Å²) in [4.78, 5) is 16.0. The minimum absolute atomic E-state index is 0.222. The molecule has 1 aliphatic rings. The van der Waals surface area contributed by atoms with Crippen molar-refractivity contribution in [2.75, 3.05) is 65.7 Å². The Hall–Kier alpha value is -0.890. The molecular weight excluding hydrogens is 286 g/mol. The monoisotopic (exact) mass is 317 g/mol. The van der Waals surface area contributed by atoms with Gasteiger partial charge in [-0.25, -0.2) is 4.79 Å². The molecule has 1 rings (SSSR count). The van der Waals surface area contributed by atoms with Crippen molar-refractivity contribution in [3.63, 3.8) is 0 Å². The van der Waals surface area contributed by atoms with Crippen LogP contribution in [0, 0.1) is 0 Å². The zero-order chi connectivity index (χ0) is 16.4. The van der Waals surface area contributed by atoms with Gasteiger partial charge in [0, 0.05) is 39.3 Å². The second kappa shape index (κ2) is 9.99. The highest BCUT2D eigenvalue weighted by Crippen LogP contribution is 2.11. The fraction of sp³-hybridized carbons (Fsp3) is 0.933. The van der Waals surface area contributed by atoms with Gasteiger partial charge < -0.3 is 24.8 Å². The lowest BCUT2D eigenvalue weighted by molar-refractivity contribution is 0.00844. The van der Waals surface area contributed by atoms with Crippen LogP contribution in [0.2, 0.25) is 0 Å². The summed E-state index contributed by atoms with van der Waals surface area (Å²) in [6.45, 7) is 12.6. The van der Waals surface area contributed by atoms with E-state index in [-0.39, 0.29) is 6.09 Å². The molecule has 0 saturated carbocycles. The average molecular weight is 317 g/mol. The van der Waals surface area contributed by atoms with E-state index in [1.165, 1.54) is 0 Å². The average Bonchev–Trinajstić information content (AvgIpc) is 2.45. The maximum absolute atomic E-state index is 11.9. The van der Waals surface area contributed by atoms with Crippen LogP contribution in [-0.4, -0.2) is 87.2 Å². The van der Waals surface area contributed by atoms with Crippen molar-refractivity contribution < 1.29 is 19.0 Å². The number of hydrogen-bond donors (Lipinski definition) is 1. The van der Waals surface area contributed by atoms with E-state index in [0.29, 0.717) is 46.1 Å². The molecule has 0 aromatic heterocycles. The van der Waals surface area contributed by atoms with E-state index in [2.05, 4.69) is 4.90 Å². The van der Waals surface area contributed by atoms with E-state index in [9.17, 15) is 4.79 Å². The predicted molar refractivity (Wildman–Crippen MR) is 84.9 cm³/mol. The Balaban J connectivity index is 2.06. The maximum atomic E-state index is 11.9. The molecule has 0 bridgehead atoms. The first-order valence-corrected chi connectivity index (χ1v) is 7.98. The minimum Gasteiger partial charge on any atom is -0.444 e. The van der Waals surface area contributed by atoms with Crippen molar-refractivity contribution in [1.82, 2.24) is 9.80 Å². The second-order valence-corrected chi connectivity index (χ2v) is 6.32. The van der Waals surface area contributed by atoms with Gasteiger partial charge in [0.2, 0.25) is 0 Å². The predicted octanol–water partition coefficient (Wildman–Crippen LogP) is 0.531. The molecular formula is C15H31N3O4. The number of ether oxygens (including phenoxy) is 3. The molecule has 1 fully saturated rings. The summed E-state index contributed by atoms with van der Waals surface area (Å²) in [5.41, 5.74) is 4.89. The van der Waals surface area contributed by atoms with Gasteiger partial charge in [-0.05, 0) is 20.8 Å². The van der Waals surface area contributed by atoms with Crippen LogP contribution in [0.4, 0.5) is 4.79 Å². The highest BCUT2D eigenvalue weighted by atomic mass is 16.6. The molecule has 7 nitrogen and oxygen atoms in total. The van der Waals surface area contributed by atoms with Crippen LogP contribution in [0.25, 0.3) is 0 Å². The van der Waals surface area contributed by atoms with E-state index in [1.807, 2.05) is 20.8 Å². The first-order valence-electron chi connectivity index (χ1n) is 7.98. The maximum Gasteiger partial charge on any atom is 0.410 e. The zero-order valence-corrected chi connectivity index (χ0v) is 14.2. The highest BCUT2D eigenvalue weighted by molar-refractivity contribution is 5.68. The molecule has 1 aliphatic heterocycles. The standard InChI is InChI=1S/C15H31N3O4/c1-15(2,3)22-14(19)18-7-5-17(6-8-18)9-11-21-13-12-20-10-4-16/h4-13,16H2,1-3H3. The lowest BCUT2D eigenvalue weighted by atomic mass is 10.2. The number of carbonyl (C=O) groups is 1. The molecule has 1 heterocycles. The van der Waals surface area contributed by atoms with Crippen molar-refractivity contribution in [2.45, 2.75) is 26.4 Å². The van der Waals surface area contributed by atoms with E-state index < -0.39 is 5.60 Å². The molecule has 7 heteroatoms. The number of piperazine rings is 1. The molecule has 2 N–H and O–H groups in total. The Morgan fingerprint density at radius 1 is 1.00 bits per heavy atom. The molecule has 0 aromatic rings. The van der Waals surface area contributed by atoms with Gasteiger partial charge in [0.25, 0.3) is 0 Å². The molecule has 0 spiro atoms. The number of rotatable bonds is 8. The molecule has 0 aliphatic carbocycles. The SMILES string of the molecule is CC(C)(C)OC(=O)N1CCN(CCOCCOCCN)CC1. The summed E-state index contributed by atoms with van der Waals surface area (Å²) in [6.07, 6.45) is -0.222. The van der Waals surface area contributed by atoms with Gasteiger partial charge in [-0.1, -0.05) is 0 Å². The van der Waals surface area contributed by atoms with Crippen LogP contribution in [0.15, 0.2) is 0 Å². The van der Waals surface area contributed by atoms with E-state index >= 15 is 0 Å². The van der Waals surface area contributed by atoms with Crippen LogP contribution in [-0.2, 0) is 14.2 Å². The first kappa shape index (κ1) is 19.2. The Morgan fingerprint density at radius 2 is 1.59 bits per heavy atom. The van der Waals surface area contributed by atoms with Gasteiger partial charge in [0.15, 0.2) is 0 Å². The highest BCUT2D eigenvalue weighted by Gasteiger charge is 2.25. The summed E-state index contributed by atoms with van der Waals surface area (Å²) in [5, 5.41) is 0. The van der Waals surface area contributed by atoms with Gasteiger partial charge in [0.05, 0.1) is 26.4 Å². The summed E-state index contributed by atoms with van der Waals surface area (Å²) < 4.78 is 16.1. The van der Waals surface area contributed by atoms with Crippen molar-refractivity contribution in [3.8, 4) is 0 Å². The van der Waals surface area contributed by atoms with E-state index in [4.69, 9.17) is 19.9 Å². The number of nitrogens with two attached hydrogens (primary N) is 1. The van der Waals surface area contributed by atoms with Crippen LogP contribution < -0.4 is 5.73 Å². The normalized spacial score (nSPS) is 16.8. The second-order valence-electron chi connectivity index (χ2n) is 6.32. The first-order chi connectivity index (χ1) is 10.4. The van der Waals surface area contributed by atoms with Crippen molar-refractivity contribution in [3.05, 3.63) is 0 Å². The molecule has 22 heavy (non-hydrogen) atoms. The van der Waals surface area contributed by atoms with Crippen molar-refractivity contribution in [2.24, 2.45) is 5.73 Å². The third-order valence-corrected chi connectivity index (χ3v) is 3.21. The Labute approximate surface area is 133 Å². The summed E-state index contributed by atoms with van der Waals surface area (Å²) in [6, 6.07) is 0. The molecule has 0 aromatic carbocycles. The topological polar surface area (TPSA) is 77.3 Å². The minimum atomic E-state index is -0.436. The van der Waals surface area contributed by atoms with Crippen LogP contribution in [0.1, 0.15) is 20.8 Å². The van der Waals surface area contributed by atoms with Gasteiger partial charge in [-0.2, -0.15) is 0 Å². The smallest absolute Gasteiger partial charge is 0.410 e. The molecule has 0 radical (unpaired) electrons. The lowest BCUT2D eigenvalue weighted by Crippen LogP contribution is -2.50. The molecule has 130 valence electrons. The number of nitrogens with zero attached hydrogens (tertiary/aromatic N) is 2. The zero-order valence-electron chi connectivity index (χ0n) is 14.2. The Kier molecular flexibility index (Phi) is 8.70. The largest absolute Gasteiger partial charge is 0.444 e. The lowest BCUT2D eigenvalue weighted by Gasteiger charge is -2.35. The molecule has 1 amide bonds. The van der Waals surface area contributed by atoms with Gasteiger partial charge in [-0.15, -0.1) is 0 Å². The van der Waals surface area contributed by atoms with Gasteiger partial charge in [-0.3, -0.25) is 4.90 Å². The number of hydrogen-bond acceptors (Lipinski definition) is 6. The summed E-state index contributed by atoms with van der Waals surface area (Å²) in [7, 11) is 0. The summed E-state index contributed by atoms with van der Waals surface area (Å²) in [5.74, 6) is 0. The van der Waals surface area contributed by atoms with Crippen LogP contribution in [0.5, 0.6) is 0 Å². The Morgan fingerprint density at radius 3 is 2.14 bits per heavy atom. The van der Waals surface area contributed by atoms with Crippen molar-refractivity contribution in [1.29, 1.82) is 0 Å². The summed E-state index contributed by atoms with van der Waals surface area (Å²) >= 11 is 0. The fourth-order valence-electron chi connectivity index (χ4n) is 2.08. The molecule has 1 saturated heterocycles. The van der Waals surface area contributed by atoms with E-state index in [1.54, 1.807) is 4.90 Å². The van der Waals surface area contributed by atoms with Crippen LogP contribution in [0.3, 0.4) is 0 Å². The van der Waals surface area contributed by atoms with Crippen LogP contribution >= 0.6 is 0 Å².